The van der Waals surface area contributed by atoms with Crippen molar-refractivity contribution in [3.8, 4) is 5.75 Å². The van der Waals surface area contributed by atoms with Crippen LogP contribution in [0.3, 0.4) is 0 Å². The van der Waals surface area contributed by atoms with Crippen LogP contribution in [0.25, 0.3) is 0 Å². The second-order valence-corrected chi connectivity index (χ2v) is 11.9. The number of nitrogens with zero attached hydrogens (tertiary/aromatic N) is 2. The molecule has 2 amide bonds. The molecule has 0 bridgehead atoms. The number of carbonyl (C=O) groups is 2. The van der Waals surface area contributed by atoms with Gasteiger partial charge in [-0.1, -0.05) is 55.8 Å². The highest BCUT2D eigenvalue weighted by Gasteiger charge is 2.34. The lowest BCUT2D eigenvalue weighted by Gasteiger charge is -2.33. The van der Waals surface area contributed by atoms with E-state index in [1.807, 2.05) is 58.0 Å². The second kappa shape index (κ2) is 14.9. The van der Waals surface area contributed by atoms with Crippen LogP contribution in [0.4, 0.5) is 5.69 Å². The van der Waals surface area contributed by atoms with Crippen molar-refractivity contribution in [2.75, 3.05) is 17.5 Å². The van der Waals surface area contributed by atoms with Crippen LogP contribution >= 0.6 is 11.6 Å². The molecule has 10 heteroatoms. The highest BCUT2D eigenvalue weighted by molar-refractivity contribution is 7.92. The molecule has 3 aromatic carbocycles. The molecule has 0 aromatic heterocycles. The van der Waals surface area contributed by atoms with Gasteiger partial charge in [0.2, 0.25) is 11.8 Å². The Balaban J connectivity index is 2.04. The number of rotatable bonds is 14. The van der Waals surface area contributed by atoms with Crippen LogP contribution in [0.15, 0.2) is 83.8 Å². The van der Waals surface area contributed by atoms with Gasteiger partial charge in [-0.05, 0) is 80.8 Å². The van der Waals surface area contributed by atoms with Crippen LogP contribution in [-0.4, -0.2) is 50.4 Å². The van der Waals surface area contributed by atoms with Crippen LogP contribution in [0.2, 0.25) is 5.02 Å². The fourth-order valence-electron chi connectivity index (χ4n) is 4.28. The Kier molecular flexibility index (Phi) is 11.6. The van der Waals surface area contributed by atoms with E-state index in [9.17, 15) is 18.0 Å². The molecule has 0 radical (unpaired) electrons. The minimum Gasteiger partial charge on any atom is -0.494 e. The van der Waals surface area contributed by atoms with Crippen molar-refractivity contribution in [3.63, 3.8) is 0 Å². The molecule has 2 atom stereocenters. The SMILES string of the molecule is CCOc1ccc(N(CC(=O)N(Cc2ccccc2)C(CC)C(=O)NC(C)CC)S(=O)(=O)c2ccc(Cl)cc2)cc1. The number of benzene rings is 3. The van der Waals surface area contributed by atoms with Gasteiger partial charge in [-0.15, -0.1) is 0 Å². The monoisotopic (exact) mass is 599 g/mol. The molecule has 1 N–H and O–H groups in total. The van der Waals surface area contributed by atoms with Crippen LogP contribution in [0.5, 0.6) is 5.75 Å². The van der Waals surface area contributed by atoms with Gasteiger partial charge in [-0.25, -0.2) is 8.42 Å². The molecule has 220 valence electrons. The van der Waals surface area contributed by atoms with E-state index in [1.165, 1.54) is 29.2 Å². The summed E-state index contributed by atoms with van der Waals surface area (Å²) in [6.45, 7) is 7.64. The number of nitrogens with one attached hydrogen (secondary N) is 1. The molecule has 0 aliphatic carbocycles. The molecule has 3 rings (SSSR count). The summed E-state index contributed by atoms with van der Waals surface area (Å²) in [5.74, 6) is -0.212. The van der Waals surface area contributed by atoms with Crippen molar-refractivity contribution < 1.29 is 22.7 Å². The third-order valence-corrected chi connectivity index (χ3v) is 8.74. The first kappa shape index (κ1) is 32.0. The van der Waals surface area contributed by atoms with E-state index in [2.05, 4.69) is 5.32 Å². The third-order valence-electron chi connectivity index (χ3n) is 6.70. The van der Waals surface area contributed by atoms with E-state index >= 15 is 0 Å². The summed E-state index contributed by atoms with van der Waals surface area (Å²) in [7, 11) is -4.19. The van der Waals surface area contributed by atoms with Crippen molar-refractivity contribution in [2.45, 2.75) is 64.1 Å². The van der Waals surface area contributed by atoms with Gasteiger partial charge >= 0.3 is 0 Å². The molecule has 3 aromatic rings. The standard InChI is InChI=1S/C31H38ClN3O5S/c1-5-23(4)33-31(37)29(6-2)34(21-24-11-9-8-10-12-24)30(36)22-35(26-15-17-27(18-16-26)40-7-3)41(38,39)28-19-13-25(32)14-20-28/h8-20,23,29H,5-7,21-22H2,1-4H3,(H,33,37). The summed E-state index contributed by atoms with van der Waals surface area (Å²) >= 11 is 6.01. The maximum absolute atomic E-state index is 14.1. The van der Waals surface area contributed by atoms with Gasteiger partial charge in [-0.2, -0.15) is 0 Å². The topological polar surface area (TPSA) is 96.0 Å². The number of hydrogen-bond donors (Lipinski definition) is 1. The van der Waals surface area contributed by atoms with Gasteiger partial charge in [0.25, 0.3) is 10.0 Å². The molecule has 0 aliphatic heterocycles. The van der Waals surface area contributed by atoms with Crippen molar-refractivity contribution in [1.82, 2.24) is 10.2 Å². The number of hydrogen-bond acceptors (Lipinski definition) is 5. The lowest BCUT2D eigenvalue weighted by molar-refractivity contribution is -0.140. The van der Waals surface area contributed by atoms with Gasteiger partial charge in [0.1, 0.15) is 18.3 Å². The van der Waals surface area contributed by atoms with Gasteiger partial charge in [0.15, 0.2) is 0 Å². The van der Waals surface area contributed by atoms with Crippen molar-refractivity contribution >= 4 is 39.1 Å². The zero-order valence-electron chi connectivity index (χ0n) is 23.9. The summed E-state index contributed by atoms with van der Waals surface area (Å²) in [5.41, 5.74) is 1.11. The predicted molar refractivity (Wildman–Crippen MR) is 163 cm³/mol. The molecular weight excluding hydrogens is 562 g/mol. The maximum atomic E-state index is 14.1. The number of anilines is 1. The lowest BCUT2D eigenvalue weighted by Crippen LogP contribution is -2.53. The molecule has 0 saturated carbocycles. The Morgan fingerprint density at radius 1 is 0.902 bits per heavy atom. The van der Waals surface area contributed by atoms with Crippen LogP contribution in [-0.2, 0) is 26.2 Å². The zero-order chi connectivity index (χ0) is 30.0. The normalized spacial score (nSPS) is 12.7. The molecule has 2 unspecified atom stereocenters. The second-order valence-electron chi connectivity index (χ2n) is 9.64. The Labute approximate surface area is 248 Å². The molecule has 0 spiro atoms. The van der Waals surface area contributed by atoms with E-state index in [4.69, 9.17) is 16.3 Å². The largest absolute Gasteiger partial charge is 0.494 e. The molecule has 41 heavy (non-hydrogen) atoms. The van der Waals surface area contributed by atoms with E-state index in [1.54, 1.807) is 24.3 Å². The van der Waals surface area contributed by atoms with E-state index in [0.717, 1.165) is 16.3 Å². The number of amides is 2. The molecule has 0 fully saturated rings. The summed E-state index contributed by atoms with van der Waals surface area (Å²) in [5, 5.41) is 3.36. The van der Waals surface area contributed by atoms with Crippen LogP contribution < -0.4 is 14.4 Å². The smallest absolute Gasteiger partial charge is 0.264 e. The van der Waals surface area contributed by atoms with Gasteiger partial charge in [0, 0.05) is 17.6 Å². The maximum Gasteiger partial charge on any atom is 0.264 e. The third kappa shape index (κ3) is 8.47. The summed E-state index contributed by atoms with van der Waals surface area (Å²) in [6, 6.07) is 20.7. The lowest BCUT2D eigenvalue weighted by atomic mass is 10.1. The molecular formula is C31H38ClN3O5S. The number of sulfonamides is 1. The van der Waals surface area contributed by atoms with E-state index < -0.39 is 28.5 Å². The highest BCUT2D eigenvalue weighted by Crippen LogP contribution is 2.27. The molecule has 0 aliphatic rings. The number of carbonyl (C=O) groups excluding carboxylic acids is 2. The Hall–Kier alpha value is -3.56. The fraction of sp³-hybridized carbons (Fsp3) is 0.355. The van der Waals surface area contributed by atoms with E-state index in [-0.39, 0.29) is 29.1 Å². The Bertz CT molecular complexity index is 1380. The average Bonchev–Trinajstić information content (AvgIpc) is 2.97. The molecule has 0 heterocycles. The fourth-order valence-corrected chi connectivity index (χ4v) is 5.82. The van der Waals surface area contributed by atoms with Crippen molar-refractivity contribution in [2.24, 2.45) is 0 Å². The first-order valence-electron chi connectivity index (χ1n) is 13.8. The highest BCUT2D eigenvalue weighted by atomic mass is 35.5. The summed E-state index contributed by atoms with van der Waals surface area (Å²) in [6.07, 6.45) is 1.09. The number of ether oxygens (including phenoxy) is 1. The summed E-state index contributed by atoms with van der Waals surface area (Å²) in [4.78, 5) is 28.9. The quantitative estimate of drug-likeness (QED) is 0.258. The van der Waals surface area contributed by atoms with Crippen molar-refractivity contribution in [3.05, 3.63) is 89.4 Å². The van der Waals surface area contributed by atoms with Gasteiger partial charge < -0.3 is 15.0 Å². The first-order chi connectivity index (χ1) is 19.6. The summed E-state index contributed by atoms with van der Waals surface area (Å²) < 4.78 is 34.4. The van der Waals surface area contributed by atoms with E-state index in [0.29, 0.717) is 23.8 Å². The average molecular weight is 600 g/mol. The predicted octanol–water partition coefficient (Wildman–Crippen LogP) is 5.66. The van der Waals surface area contributed by atoms with Crippen LogP contribution in [0.1, 0.15) is 46.1 Å². The zero-order valence-corrected chi connectivity index (χ0v) is 25.5. The Morgan fingerprint density at radius 3 is 2.10 bits per heavy atom. The first-order valence-corrected chi connectivity index (χ1v) is 15.6. The Morgan fingerprint density at radius 2 is 1.54 bits per heavy atom. The van der Waals surface area contributed by atoms with Gasteiger partial charge in [0.05, 0.1) is 17.2 Å². The van der Waals surface area contributed by atoms with Gasteiger partial charge in [-0.3, -0.25) is 13.9 Å². The minimum atomic E-state index is -4.19. The molecule has 0 saturated heterocycles. The molecule has 8 nitrogen and oxygen atoms in total. The van der Waals surface area contributed by atoms with Crippen molar-refractivity contribution in [1.29, 1.82) is 0 Å². The van der Waals surface area contributed by atoms with Crippen LogP contribution in [0, 0.1) is 0 Å². The minimum absolute atomic E-state index is 0.0141. The number of halogens is 1.